The Labute approximate surface area is 179 Å². The summed E-state index contributed by atoms with van der Waals surface area (Å²) in [6, 6.07) is 8.32. The van der Waals surface area contributed by atoms with E-state index >= 15 is 0 Å². The Morgan fingerprint density at radius 3 is 2.57 bits per heavy atom. The van der Waals surface area contributed by atoms with Crippen molar-refractivity contribution < 1.29 is 19.1 Å². The molecule has 166 valence electrons. The Kier molecular flexibility index (Phi) is 7.96. The van der Waals surface area contributed by atoms with Crippen LogP contribution in [0.3, 0.4) is 0 Å². The summed E-state index contributed by atoms with van der Waals surface area (Å²) in [6.07, 6.45) is 3.20. The van der Waals surface area contributed by atoms with E-state index in [0.29, 0.717) is 32.3 Å². The van der Waals surface area contributed by atoms with E-state index in [9.17, 15) is 9.59 Å². The number of carbonyl (C=O) groups excluding carboxylic acids is 2. The molecule has 1 aromatic rings. The maximum Gasteiger partial charge on any atom is 0.410 e. The van der Waals surface area contributed by atoms with Crippen LogP contribution < -0.4 is 9.64 Å². The number of benzene rings is 1. The number of carbonyl (C=O) groups is 2. The van der Waals surface area contributed by atoms with E-state index in [2.05, 4.69) is 11.8 Å². The third-order valence-electron chi connectivity index (χ3n) is 5.72. The van der Waals surface area contributed by atoms with E-state index in [1.807, 2.05) is 38.1 Å². The van der Waals surface area contributed by atoms with Gasteiger partial charge in [0.25, 0.3) is 0 Å². The largest absolute Gasteiger partial charge is 0.494 e. The summed E-state index contributed by atoms with van der Waals surface area (Å²) in [5.74, 6) is 0.989. The van der Waals surface area contributed by atoms with Crippen molar-refractivity contribution in [2.24, 2.45) is 5.92 Å². The molecule has 0 radical (unpaired) electrons. The molecule has 2 aliphatic rings. The maximum absolute atomic E-state index is 12.5. The van der Waals surface area contributed by atoms with E-state index in [1.54, 1.807) is 4.90 Å². The van der Waals surface area contributed by atoms with Crippen LogP contribution in [0.2, 0.25) is 0 Å². The Balaban J connectivity index is 1.42. The van der Waals surface area contributed by atoms with E-state index in [-0.39, 0.29) is 18.4 Å². The first-order valence-corrected chi connectivity index (χ1v) is 11.1. The number of hydrogen-bond acceptors (Lipinski definition) is 5. The summed E-state index contributed by atoms with van der Waals surface area (Å²) in [5.41, 5.74) is 0.827. The molecular weight excluding hydrogens is 382 g/mol. The first kappa shape index (κ1) is 22.4. The number of nitrogens with zero attached hydrogens (tertiary/aromatic N) is 3. The first-order chi connectivity index (χ1) is 14.4. The summed E-state index contributed by atoms with van der Waals surface area (Å²) < 4.78 is 11.1. The third-order valence-corrected chi connectivity index (χ3v) is 5.72. The average molecular weight is 418 g/mol. The average Bonchev–Trinajstić information content (AvgIpc) is 3.14. The van der Waals surface area contributed by atoms with Gasteiger partial charge in [0, 0.05) is 31.4 Å². The lowest BCUT2D eigenvalue weighted by atomic mass is 10.2. The van der Waals surface area contributed by atoms with Crippen molar-refractivity contribution in [1.82, 2.24) is 9.80 Å². The number of ether oxygens (including phenoxy) is 2. The molecule has 0 unspecified atom stereocenters. The highest BCUT2D eigenvalue weighted by atomic mass is 16.6. The Morgan fingerprint density at radius 1 is 1.17 bits per heavy atom. The highest BCUT2D eigenvalue weighted by molar-refractivity contribution is 5.97. The van der Waals surface area contributed by atoms with Gasteiger partial charge in [0.2, 0.25) is 5.91 Å². The lowest BCUT2D eigenvalue weighted by Crippen LogP contribution is -2.52. The predicted octanol–water partition coefficient (Wildman–Crippen LogP) is 3.38. The van der Waals surface area contributed by atoms with E-state index in [0.717, 1.165) is 24.4 Å². The van der Waals surface area contributed by atoms with Crippen LogP contribution in [-0.2, 0) is 9.53 Å². The highest BCUT2D eigenvalue weighted by Crippen LogP contribution is 2.22. The second kappa shape index (κ2) is 10.7. The van der Waals surface area contributed by atoms with Gasteiger partial charge in [-0.3, -0.25) is 9.69 Å². The molecule has 1 aromatic carbocycles. The van der Waals surface area contributed by atoms with Crippen LogP contribution >= 0.6 is 0 Å². The highest BCUT2D eigenvalue weighted by Gasteiger charge is 2.29. The summed E-state index contributed by atoms with van der Waals surface area (Å²) in [5, 5.41) is 0. The van der Waals surface area contributed by atoms with Gasteiger partial charge in [-0.15, -0.1) is 0 Å². The van der Waals surface area contributed by atoms with E-state index in [1.165, 1.54) is 24.3 Å². The molecule has 0 aliphatic carbocycles. The Morgan fingerprint density at radius 2 is 1.93 bits per heavy atom. The van der Waals surface area contributed by atoms with Gasteiger partial charge in [-0.1, -0.05) is 13.8 Å². The molecule has 0 spiro atoms. The topological polar surface area (TPSA) is 62.3 Å². The van der Waals surface area contributed by atoms with Crippen molar-refractivity contribution in [3.8, 4) is 5.75 Å². The molecule has 1 atom stereocenters. The maximum atomic E-state index is 12.5. The van der Waals surface area contributed by atoms with Crippen LogP contribution in [0.15, 0.2) is 24.3 Å². The number of piperazine rings is 1. The molecule has 2 fully saturated rings. The van der Waals surface area contributed by atoms with Gasteiger partial charge in [0.15, 0.2) is 0 Å². The van der Waals surface area contributed by atoms with Gasteiger partial charge in [-0.05, 0) is 62.9 Å². The monoisotopic (exact) mass is 417 g/mol. The van der Waals surface area contributed by atoms with Crippen LogP contribution in [-0.4, -0.2) is 73.8 Å². The molecule has 2 aliphatic heterocycles. The molecule has 2 amide bonds. The molecule has 0 saturated carbocycles. The molecule has 3 rings (SSSR count). The third kappa shape index (κ3) is 6.11. The normalized spacial score (nSPS) is 20.1. The van der Waals surface area contributed by atoms with Crippen LogP contribution in [0.25, 0.3) is 0 Å². The van der Waals surface area contributed by atoms with Crippen LogP contribution in [0, 0.1) is 5.92 Å². The second-order valence-corrected chi connectivity index (χ2v) is 8.66. The van der Waals surface area contributed by atoms with Crippen molar-refractivity contribution in [2.75, 3.05) is 50.8 Å². The van der Waals surface area contributed by atoms with Gasteiger partial charge in [0.05, 0.1) is 13.2 Å². The molecule has 30 heavy (non-hydrogen) atoms. The Bertz CT molecular complexity index is 707. The smallest absolute Gasteiger partial charge is 0.410 e. The lowest BCUT2D eigenvalue weighted by molar-refractivity contribution is -0.120. The molecule has 7 heteroatoms. The molecule has 2 heterocycles. The van der Waals surface area contributed by atoms with Crippen molar-refractivity contribution in [2.45, 2.75) is 46.1 Å². The number of likely N-dealkylation sites (tertiary alicyclic amines) is 1. The number of rotatable bonds is 8. The zero-order chi connectivity index (χ0) is 21.5. The second-order valence-electron chi connectivity index (χ2n) is 8.66. The molecule has 0 N–H and O–H groups in total. The fourth-order valence-electron chi connectivity index (χ4n) is 3.94. The number of anilines is 1. The molecular formula is C23H35N3O4. The Hall–Kier alpha value is -2.28. The number of hydrogen-bond donors (Lipinski definition) is 0. The predicted molar refractivity (Wildman–Crippen MR) is 117 cm³/mol. The molecule has 0 bridgehead atoms. The minimum absolute atomic E-state index is 0.0457. The SMILES string of the molecule is CC(C)COC(=O)N1CCN(c2ccc(OCCCN3CCC[C@H]3C)cc2)C(=O)C1. The van der Waals surface area contributed by atoms with Crippen LogP contribution in [0.4, 0.5) is 10.5 Å². The van der Waals surface area contributed by atoms with Crippen LogP contribution in [0.1, 0.15) is 40.0 Å². The summed E-state index contributed by atoms with van der Waals surface area (Å²) in [7, 11) is 0. The van der Waals surface area contributed by atoms with Crippen molar-refractivity contribution in [3.63, 3.8) is 0 Å². The quantitative estimate of drug-likeness (QED) is 0.607. The van der Waals surface area contributed by atoms with E-state index < -0.39 is 6.09 Å². The van der Waals surface area contributed by atoms with Gasteiger partial charge in [-0.2, -0.15) is 0 Å². The fraction of sp³-hybridized carbons (Fsp3) is 0.652. The zero-order valence-electron chi connectivity index (χ0n) is 18.5. The minimum Gasteiger partial charge on any atom is -0.494 e. The lowest BCUT2D eigenvalue weighted by Gasteiger charge is -2.33. The van der Waals surface area contributed by atoms with Gasteiger partial charge >= 0.3 is 6.09 Å². The fourth-order valence-corrected chi connectivity index (χ4v) is 3.94. The van der Waals surface area contributed by atoms with Crippen molar-refractivity contribution >= 4 is 17.7 Å². The number of amides is 2. The van der Waals surface area contributed by atoms with Gasteiger partial charge < -0.3 is 19.3 Å². The van der Waals surface area contributed by atoms with Crippen molar-refractivity contribution in [3.05, 3.63) is 24.3 Å². The van der Waals surface area contributed by atoms with Gasteiger partial charge in [0.1, 0.15) is 12.3 Å². The van der Waals surface area contributed by atoms with Gasteiger partial charge in [-0.25, -0.2) is 4.79 Å². The molecule has 2 saturated heterocycles. The first-order valence-electron chi connectivity index (χ1n) is 11.1. The summed E-state index contributed by atoms with van der Waals surface area (Å²) in [4.78, 5) is 30.3. The van der Waals surface area contributed by atoms with Crippen LogP contribution in [0.5, 0.6) is 5.75 Å². The standard InChI is InChI=1S/C23H35N3O4/c1-18(2)17-30-23(28)25-13-14-26(22(27)16-25)20-7-9-21(10-8-20)29-15-5-12-24-11-4-6-19(24)3/h7-10,18-19H,4-6,11-17H2,1-3H3/t19-/m1/s1. The van der Waals surface area contributed by atoms with Crippen molar-refractivity contribution in [1.29, 1.82) is 0 Å². The minimum atomic E-state index is -0.413. The van der Waals surface area contributed by atoms with E-state index in [4.69, 9.17) is 9.47 Å². The summed E-state index contributed by atoms with van der Waals surface area (Å²) >= 11 is 0. The molecule has 7 nitrogen and oxygen atoms in total. The summed E-state index contributed by atoms with van der Waals surface area (Å²) in [6.45, 7) is 10.6. The zero-order valence-corrected chi connectivity index (χ0v) is 18.5. The molecule has 0 aromatic heterocycles.